The lowest BCUT2D eigenvalue weighted by atomic mass is 10.1. The van der Waals surface area contributed by atoms with Crippen LogP contribution in [0.4, 0.5) is 18.9 Å². The molecule has 1 amide bonds. The number of nitrogens with one attached hydrogen (secondary N) is 1. The molecule has 2 aromatic carbocycles. The number of rotatable bonds is 2. The summed E-state index contributed by atoms with van der Waals surface area (Å²) >= 11 is 0. The normalized spacial score (nSPS) is 11.5. The molecule has 1 N–H and O–H groups in total. The zero-order valence-corrected chi connectivity index (χ0v) is 12.1. The van der Waals surface area contributed by atoms with Crippen molar-refractivity contribution in [2.24, 2.45) is 0 Å². The van der Waals surface area contributed by atoms with E-state index in [4.69, 9.17) is 4.42 Å². The van der Waals surface area contributed by atoms with Crippen LogP contribution in [0.3, 0.4) is 0 Å². The van der Waals surface area contributed by atoms with Gasteiger partial charge in [0, 0.05) is 0 Å². The summed E-state index contributed by atoms with van der Waals surface area (Å²) in [4.78, 5) is 24.0. The number of fused-ring (bicyclic) bond motifs is 1. The van der Waals surface area contributed by atoms with Crippen molar-refractivity contribution < 1.29 is 22.4 Å². The molecule has 3 aromatic rings. The van der Waals surface area contributed by atoms with Gasteiger partial charge >= 0.3 is 11.8 Å². The molecule has 0 saturated carbocycles. The van der Waals surface area contributed by atoms with Crippen LogP contribution in [0.2, 0.25) is 0 Å². The van der Waals surface area contributed by atoms with Crippen LogP contribution >= 0.6 is 0 Å². The van der Waals surface area contributed by atoms with Crippen LogP contribution in [0.25, 0.3) is 10.8 Å². The summed E-state index contributed by atoms with van der Waals surface area (Å²) in [5.41, 5.74) is -2.13. The van der Waals surface area contributed by atoms with Gasteiger partial charge in [-0.25, -0.2) is 4.79 Å². The van der Waals surface area contributed by atoms with Crippen LogP contribution in [0.1, 0.15) is 16.1 Å². The molecule has 0 fully saturated rings. The molecule has 0 atom stereocenters. The van der Waals surface area contributed by atoms with Crippen molar-refractivity contribution in [2.75, 3.05) is 5.32 Å². The van der Waals surface area contributed by atoms with Gasteiger partial charge in [0.25, 0.3) is 5.91 Å². The van der Waals surface area contributed by atoms with Crippen LogP contribution in [-0.4, -0.2) is 5.91 Å². The second-order valence-corrected chi connectivity index (χ2v) is 4.98. The second-order valence-electron chi connectivity index (χ2n) is 4.98. The van der Waals surface area contributed by atoms with Gasteiger partial charge in [-0.3, -0.25) is 4.79 Å². The number of hydrogen-bond donors (Lipinski definition) is 1. The molecule has 0 spiro atoms. The zero-order chi connectivity index (χ0) is 17.3. The lowest BCUT2D eigenvalue weighted by Gasteiger charge is -2.13. The molecule has 1 aromatic heterocycles. The predicted molar refractivity (Wildman–Crippen MR) is 81.9 cm³/mol. The Hall–Kier alpha value is -3.09. The molecule has 0 saturated heterocycles. The quantitative estimate of drug-likeness (QED) is 0.769. The number of alkyl halides is 3. The average Bonchev–Trinajstić information content (AvgIpc) is 2.54. The first kappa shape index (κ1) is 15.8. The zero-order valence-electron chi connectivity index (χ0n) is 12.1. The average molecular weight is 333 g/mol. The molecular weight excluding hydrogens is 323 g/mol. The first-order chi connectivity index (χ1) is 11.4. The monoisotopic (exact) mass is 333 g/mol. The summed E-state index contributed by atoms with van der Waals surface area (Å²) in [5.74, 6) is -1.30. The highest BCUT2D eigenvalue weighted by atomic mass is 19.4. The van der Waals surface area contributed by atoms with Crippen LogP contribution in [-0.2, 0) is 6.18 Å². The Labute approximate surface area is 133 Å². The predicted octanol–water partition coefficient (Wildman–Crippen LogP) is 4.06. The van der Waals surface area contributed by atoms with Crippen LogP contribution in [0.5, 0.6) is 0 Å². The third kappa shape index (κ3) is 3.01. The van der Waals surface area contributed by atoms with Crippen molar-refractivity contribution in [3.05, 3.63) is 76.3 Å². The maximum absolute atomic E-state index is 12.9. The van der Waals surface area contributed by atoms with Gasteiger partial charge in [0.15, 0.2) is 5.76 Å². The van der Waals surface area contributed by atoms with E-state index < -0.39 is 29.0 Å². The summed E-state index contributed by atoms with van der Waals surface area (Å²) in [7, 11) is 0. The van der Waals surface area contributed by atoms with E-state index in [9.17, 15) is 22.8 Å². The van der Waals surface area contributed by atoms with Gasteiger partial charge < -0.3 is 9.73 Å². The second kappa shape index (κ2) is 5.84. The maximum Gasteiger partial charge on any atom is 0.418 e. The largest absolute Gasteiger partial charge is 0.418 e. The van der Waals surface area contributed by atoms with E-state index in [1.165, 1.54) is 24.3 Å². The van der Waals surface area contributed by atoms with Crippen LogP contribution < -0.4 is 10.9 Å². The Morgan fingerprint density at radius 2 is 1.67 bits per heavy atom. The molecule has 0 aliphatic heterocycles. The maximum atomic E-state index is 12.9. The molecule has 4 nitrogen and oxygen atoms in total. The summed E-state index contributed by atoms with van der Waals surface area (Å²) in [6.07, 6.45) is -4.62. The SMILES string of the molecule is O=C(Nc1ccccc1C(F)(F)F)c1cc2ccccc2c(=O)o1. The minimum atomic E-state index is -4.62. The highest BCUT2D eigenvalue weighted by molar-refractivity contribution is 6.04. The molecule has 24 heavy (non-hydrogen) atoms. The Balaban J connectivity index is 1.99. The third-order valence-corrected chi connectivity index (χ3v) is 3.37. The molecule has 0 unspecified atom stereocenters. The molecule has 0 radical (unpaired) electrons. The number of para-hydroxylation sites is 1. The number of carbonyl (C=O) groups excluding carboxylic acids is 1. The van der Waals surface area contributed by atoms with Gasteiger partial charge in [-0.15, -0.1) is 0 Å². The van der Waals surface area contributed by atoms with Crippen molar-refractivity contribution in [1.82, 2.24) is 0 Å². The molecule has 122 valence electrons. The molecule has 1 heterocycles. The van der Waals surface area contributed by atoms with Crippen LogP contribution in [0, 0.1) is 0 Å². The van der Waals surface area contributed by atoms with Gasteiger partial charge in [-0.2, -0.15) is 13.2 Å². The lowest BCUT2D eigenvalue weighted by molar-refractivity contribution is -0.136. The Kier molecular flexibility index (Phi) is 3.84. The van der Waals surface area contributed by atoms with Crippen molar-refractivity contribution >= 4 is 22.4 Å². The van der Waals surface area contributed by atoms with E-state index >= 15 is 0 Å². The van der Waals surface area contributed by atoms with E-state index in [0.29, 0.717) is 5.39 Å². The van der Waals surface area contributed by atoms with Gasteiger partial charge in [0.1, 0.15) is 0 Å². The summed E-state index contributed by atoms with van der Waals surface area (Å²) in [6, 6.07) is 12.3. The molecule has 7 heteroatoms. The van der Waals surface area contributed by atoms with E-state index in [1.54, 1.807) is 18.2 Å². The summed E-state index contributed by atoms with van der Waals surface area (Å²) < 4.78 is 43.7. The molecule has 0 bridgehead atoms. The Morgan fingerprint density at radius 3 is 2.42 bits per heavy atom. The highest BCUT2D eigenvalue weighted by Gasteiger charge is 2.33. The number of hydrogen-bond acceptors (Lipinski definition) is 3. The first-order valence-electron chi connectivity index (χ1n) is 6.87. The fourth-order valence-corrected chi connectivity index (χ4v) is 2.27. The summed E-state index contributed by atoms with van der Waals surface area (Å²) in [6.45, 7) is 0. The number of halogens is 3. The molecular formula is C17H10F3NO3. The van der Waals surface area contributed by atoms with Crippen molar-refractivity contribution in [1.29, 1.82) is 0 Å². The fraction of sp³-hybridized carbons (Fsp3) is 0.0588. The number of amides is 1. The molecule has 3 rings (SSSR count). The van der Waals surface area contributed by atoms with E-state index in [2.05, 4.69) is 5.32 Å². The minimum absolute atomic E-state index is 0.282. The highest BCUT2D eigenvalue weighted by Crippen LogP contribution is 2.34. The Morgan fingerprint density at radius 1 is 1.00 bits per heavy atom. The van der Waals surface area contributed by atoms with E-state index in [1.807, 2.05) is 0 Å². The van der Waals surface area contributed by atoms with Crippen LogP contribution in [0.15, 0.2) is 63.8 Å². The third-order valence-electron chi connectivity index (χ3n) is 3.37. The van der Waals surface area contributed by atoms with Crippen molar-refractivity contribution in [3.8, 4) is 0 Å². The minimum Gasteiger partial charge on any atom is -0.417 e. The molecule has 0 aliphatic rings. The first-order valence-corrected chi connectivity index (χ1v) is 6.87. The lowest BCUT2D eigenvalue weighted by Crippen LogP contribution is -2.18. The number of anilines is 1. The van der Waals surface area contributed by atoms with Gasteiger partial charge in [-0.05, 0) is 29.7 Å². The van der Waals surface area contributed by atoms with Crippen molar-refractivity contribution in [3.63, 3.8) is 0 Å². The number of carbonyl (C=O) groups is 1. The Bertz CT molecular complexity index is 976. The molecule has 0 aliphatic carbocycles. The topological polar surface area (TPSA) is 59.3 Å². The van der Waals surface area contributed by atoms with Crippen molar-refractivity contribution in [2.45, 2.75) is 6.18 Å². The van der Waals surface area contributed by atoms with E-state index in [0.717, 1.165) is 12.1 Å². The van der Waals surface area contributed by atoms with Gasteiger partial charge in [0.05, 0.1) is 16.6 Å². The smallest absolute Gasteiger partial charge is 0.417 e. The van der Waals surface area contributed by atoms with Gasteiger partial charge in [0.2, 0.25) is 0 Å². The number of benzene rings is 2. The van der Waals surface area contributed by atoms with Gasteiger partial charge in [-0.1, -0.05) is 30.3 Å². The summed E-state index contributed by atoms with van der Waals surface area (Å²) in [5, 5.41) is 2.88. The fourth-order valence-electron chi connectivity index (χ4n) is 2.27. The van der Waals surface area contributed by atoms with E-state index in [-0.39, 0.29) is 11.1 Å². The standard InChI is InChI=1S/C17H10F3NO3/c18-17(19,20)12-7-3-4-8-13(12)21-15(22)14-9-10-5-1-2-6-11(10)16(23)24-14/h1-9H,(H,21,22).